The van der Waals surface area contributed by atoms with Crippen molar-refractivity contribution in [1.82, 2.24) is 19.7 Å². The van der Waals surface area contributed by atoms with Crippen molar-refractivity contribution in [3.8, 4) is 11.1 Å². The first-order valence-corrected chi connectivity index (χ1v) is 10.3. The zero-order chi connectivity index (χ0) is 21.4. The maximum absolute atomic E-state index is 14.8. The van der Waals surface area contributed by atoms with E-state index in [2.05, 4.69) is 20.4 Å². The fourth-order valence-electron chi connectivity index (χ4n) is 3.68. The number of nitrogens with one attached hydrogen (secondary N) is 1. The van der Waals surface area contributed by atoms with Crippen LogP contribution in [0.4, 0.5) is 16.0 Å². The van der Waals surface area contributed by atoms with E-state index in [1.54, 1.807) is 29.1 Å². The number of halogens is 2. The number of ether oxygens (including phenoxy) is 1. The highest BCUT2D eigenvalue weighted by Gasteiger charge is 2.28. The number of nitrogens with zero attached hydrogens (tertiary/aromatic N) is 4. The smallest absolute Gasteiger partial charge is 0.246 e. The van der Waals surface area contributed by atoms with Gasteiger partial charge in [0, 0.05) is 33.7 Å². The minimum Gasteiger partial charge on any atom is -0.363 e. The fraction of sp³-hybridized carbons (Fsp3) is 0.174. The summed E-state index contributed by atoms with van der Waals surface area (Å²) in [6.07, 6.45) is 1.27. The normalized spacial score (nSPS) is 15.5. The molecule has 156 valence electrons. The average Bonchev–Trinajstić information content (AvgIpc) is 3.17. The Morgan fingerprint density at radius 2 is 2.03 bits per heavy atom. The van der Waals surface area contributed by atoms with Crippen molar-refractivity contribution in [2.45, 2.75) is 19.6 Å². The highest BCUT2D eigenvalue weighted by Crippen LogP contribution is 2.33. The van der Waals surface area contributed by atoms with Crippen LogP contribution in [0.1, 0.15) is 23.2 Å². The lowest BCUT2D eigenvalue weighted by Gasteiger charge is -2.23. The molecule has 0 fully saturated rings. The predicted molar refractivity (Wildman–Crippen MR) is 117 cm³/mol. The second-order valence-electron chi connectivity index (χ2n) is 7.29. The van der Waals surface area contributed by atoms with Gasteiger partial charge in [0.1, 0.15) is 11.9 Å². The summed E-state index contributed by atoms with van der Waals surface area (Å²) in [6.45, 7) is 2.96. The van der Waals surface area contributed by atoms with E-state index in [1.165, 1.54) is 6.07 Å². The largest absolute Gasteiger partial charge is 0.363 e. The molecule has 4 aromatic rings. The molecule has 1 aliphatic rings. The Hall–Kier alpha value is -3.29. The topological polar surface area (TPSA) is 64.9 Å². The van der Waals surface area contributed by atoms with Crippen LogP contribution in [0.15, 0.2) is 60.8 Å². The Balaban J connectivity index is 1.42. The molecule has 5 rings (SSSR count). The molecule has 1 unspecified atom stereocenters. The summed E-state index contributed by atoms with van der Waals surface area (Å²) in [7, 11) is 0. The van der Waals surface area contributed by atoms with Gasteiger partial charge in [0.2, 0.25) is 5.95 Å². The van der Waals surface area contributed by atoms with Gasteiger partial charge in [-0.3, -0.25) is 4.98 Å². The number of anilines is 2. The van der Waals surface area contributed by atoms with Gasteiger partial charge in [0.05, 0.1) is 13.2 Å². The minimum absolute atomic E-state index is 0.336. The molecule has 1 atom stereocenters. The van der Waals surface area contributed by atoms with E-state index < -0.39 is 6.10 Å². The molecule has 0 saturated heterocycles. The van der Waals surface area contributed by atoms with Crippen LogP contribution in [-0.2, 0) is 11.3 Å². The molecule has 1 N–H and O–H groups in total. The zero-order valence-corrected chi connectivity index (χ0v) is 17.5. The van der Waals surface area contributed by atoms with E-state index in [1.807, 2.05) is 37.3 Å². The molecular weight excluding hydrogens is 417 g/mol. The molecule has 0 spiro atoms. The number of rotatable bonds is 4. The van der Waals surface area contributed by atoms with Gasteiger partial charge in [-0.1, -0.05) is 29.8 Å². The van der Waals surface area contributed by atoms with Crippen molar-refractivity contribution >= 4 is 23.2 Å². The Morgan fingerprint density at radius 1 is 1.16 bits per heavy atom. The van der Waals surface area contributed by atoms with Crippen LogP contribution in [0.3, 0.4) is 0 Å². The molecule has 0 aliphatic carbocycles. The number of fused-ring (bicyclic) bond motifs is 1. The second-order valence-corrected chi connectivity index (χ2v) is 7.70. The van der Waals surface area contributed by atoms with Gasteiger partial charge >= 0.3 is 0 Å². The third kappa shape index (κ3) is 3.89. The van der Waals surface area contributed by atoms with Gasteiger partial charge in [0.15, 0.2) is 5.82 Å². The van der Waals surface area contributed by atoms with Crippen molar-refractivity contribution in [3.05, 3.63) is 88.7 Å². The Kier molecular flexibility index (Phi) is 5.13. The molecule has 2 aromatic carbocycles. The van der Waals surface area contributed by atoms with Gasteiger partial charge in [-0.2, -0.15) is 4.98 Å². The number of benzene rings is 2. The van der Waals surface area contributed by atoms with Crippen LogP contribution in [0, 0.1) is 12.7 Å². The van der Waals surface area contributed by atoms with Crippen LogP contribution in [0.25, 0.3) is 11.1 Å². The summed E-state index contributed by atoms with van der Waals surface area (Å²) < 4.78 is 22.5. The highest BCUT2D eigenvalue weighted by atomic mass is 35.5. The summed E-state index contributed by atoms with van der Waals surface area (Å²) in [5.41, 5.74) is 3.53. The zero-order valence-electron chi connectivity index (χ0n) is 16.7. The third-order valence-corrected chi connectivity index (χ3v) is 5.49. The molecule has 0 amide bonds. The van der Waals surface area contributed by atoms with E-state index in [0.717, 1.165) is 16.8 Å². The summed E-state index contributed by atoms with van der Waals surface area (Å²) in [5.74, 6) is 0.701. The lowest BCUT2D eigenvalue weighted by atomic mass is 10.1. The van der Waals surface area contributed by atoms with Gasteiger partial charge in [-0.05, 0) is 48.9 Å². The summed E-state index contributed by atoms with van der Waals surface area (Å²) >= 11 is 6.35. The number of hydrogen-bond donors (Lipinski definition) is 1. The Bertz CT molecular complexity index is 1260. The molecule has 1 aliphatic heterocycles. The van der Waals surface area contributed by atoms with E-state index in [-0.39, 0.29) is 5.82 Å². The van der Waals surface area contributed by atoms with E-state index in [4.69, 9.17) is 16.3 Å². The molecule has 8 heteroatoms. The first-order chi connectivity index (χ1) is 15.1. The summed E-state index contributed by atoms with van der Waals surface area (Å²) in [5, 5.41) is 8.22. The number of pyridine rings is 1. The Labute approximate surface area is 183 Å². The van der Waals surface area contributed by atoms with Gasteiger partial charge < -0.3 is 10.1 Å². The van der Waals surface area contributed by atoms with Crippen molar-refractivity contribution in [1.29, 1.82) is 0 Å². The number of hydrogen-bond acceptors (Lipinski definition) is 5. The molecule has 0 radical (unpaired) electrons. The van der Waals surface area contributed by atoms with E-state index in [0.29, 0.717) is 41.2 Å². The first kappa shape index (κ1) is 19.7. The second kappa shape index (κ2) is 8.09. The maximum atomic E-state index is 14.8. The summed E-state index contributed by atoms with van der Waals surface area (Å²) in [4.78, 5) is 8.75. The monoisotopic (exact) mass is 435 g/mol. The third-order valence-electron chi connectivity index (χ3n) is 5.14. The van der Waals surface area contributed by atoms with Crippen LogP contribution in [0.2, 0.25) is 5.02 Å². The van der Waals surface area contributed by atoms with Gasteiger partial charge in [0.25, 0.3) is 0 Å². The molecule has 0 saturated carbocycles. The van der Waals surface area contributed by atoms with Gasteiger partial charge in [-0.25, -0.2) is 9.07 Å². The van der Waals surface area contributed by atoms with E-state index >= 15 is 0 Å². The van der Waals surface area contributed by atoms with Crippen LogP contribution < -0.4 is 5.32 Å². The van der Waals surface area contributed by atoms with Crippen LogP contribution in [-0.4, -0.2) is 26.4 Å². The lowest BCUT2D eigenvalue weighted by molar-refractivity contribution is 0.0390. The first-order valence-electron chi connectivity index (χ1n) is 9.89. The lowest BCUT2D eigenvalue weighted by Crippen LogP contribution is -2.23. The Morgan fingerprint density at radius 3 is 2.84 bits per heavy atom. The van der Waals surface area contributed by atoms with Crippen molar-refractivity contribution in [2.24, 2.45) is 0 Å². The quantitative estimate of drug-likeness (QED) is 0.471. The predicted octanol–water partition coefficient (Wildman–Crippen LogP) is 5.30. The minimum atomic E-state index is -0.403. The van der Waals surface area contributed by atoms with Crippen molar-refractivity contribution in [3.63, 3.8) is 0 Å². The van der Waals surface area contributed by atoms with E-state index in [9.17, 15) is 4.39 Å². The number of aromatic nitrogens is 4. The molecule has 3 heterocycles. The van der Waals surface area contributed by atoms with Gasteiger partial charge in [-0.15, -0.1) is 5.10 Å². The highest BCUT2D eigenvalue weighted by molar-refractivity contribution is 6.31. The van der Waals surface area contributed by atoms with Crippen LogP contribution >= 0.6 is 11.6 Å². The van der Waals surface area contributed by atoms with Crippen molar-refractivity contribution < 1.29 is 9.13 Å². The number of aryl methyl sites for hydroxylation is 1. The maximum Gasteiger partial charge on any atom is 0.246 e. The molecular formula is C23H19ClFN5O. The molecule has 2 aromatic heterocycles. The fourth-order valence-corrected chi connectivity index (χ4v) is 3.92. The average molecular weight is 436 g/mol. The molecule has 6 nitrogen and oxygen atoms in total. The molecule has 31 heavy (non-hydrogen) atoms. The molecule has 0 bridgehead atoms. The standard InChI is InChI=1S/C23H19ClFN5O/c1-14-12-15(8-9-26-14)17-7-6-16(13-20(17)25)27-23-28-22-21(31-11-10-30(22)29-23)18-4-2-3-5-19(18)24/h2-9,12-13,21H,10-11H2,1H3,(H,27,29). The SMILES string of the molecule is Cc1cc(-c2ccc(Nc3nc4n(n3)CCOC4c3ccccc3Cl)cc2F)ccn1. The summed E-state index contributed by atoms with van der Waals surface area (Å²) in [6, 6.07) is 16.1. The van der Waals surface area contributed by atoms with Crippen LogP contribution in [0.5, 0.6) is 0 Å². The van der Waals surface area contributed by atoms with Crippen molar-refractivity contribution in [2.75, 3.05) is 11.9 Å².